The van der Waals surface area contributed by atoms with E-state index in [-0.39, 0.29) is 18.4 Å². The molecule has 0 bridgehead atoms. The topological polar surface area (TPSA) is 40.6 Å². The van der Waals surface area contributed by atoms with Gasteiger partial charge in [0.25, 0.3) is 5.91 Å². The third-order valence-electron chi connectivity index (χ3n) is 5.55. The zero-order valence-electron chi connectivity index (χ0n) is 12.8. The number of rotatable bonds is 2. The molecule has 0 N–H and O–H groups in total. The van der Waals surface area contributed by atoms with Gasteiger partial charge >= 0.3 is 0 Å². The Morgan fingerprint density at radius 1 is 1.09 bits per heavy atom. The molecule has 1 aromatic carbocycles. The molecule has 1 aromatic rings. The first-order chi connectivity index (χ1) is 10.7. The number of hydrogen-bond donors (Lipinski definition) is 0. The molecule has 2 heterocycles. The van der Waals surface area contributed by atoms with Gasteiger partial charge in [0, 0.05) is 25.2 Å². The summed E-state index contributed by atoms with van der Waals surface area (Å²) in [4.78, 5) is 28.6. The summed E-state index contributed by atoms with van der Waals surface area (Å²) < 4.78 is 0. The number of amides is 2. The summed E-state index contributed by atoms with van der Waals surface area (Å²) in [6.07, 6.45) is 5.15. The molecule has 116 valence electrons. The van der Waals surface area contributed by atoms with Gasteiger partial charge in [-0.25, -0.2) is 0 Å². The van der Waals surface area contributed by atoms with E-state index in [4.69, 9.17) is 0 Å². The van der Waals surface area contributed by atoms with Crippen molar-refractivity contribution < 1.29 is 9.59 Å². The van der Waals surface area contributed by atoms with E-state index >= 15 is 0 Å². The monoisotopic (exact) mass is 298 g/mol. The maximum Gasteiger partial charge on any atom is 0.254 e. The fourth-order valence-corrected chi connectivity index (χ4v) is 4.32. The van der Waals surface area contributed by atoms with Crippen LogP contribution in [0.1, 0.15) is 41.6 Å². The summed E-state index contributed by atoms with van der Waals surface area (Å²) in [5.74, 6) is 1.52. The van der Waals surface area contributed by atoms with E-state index in [9.17, 15) is 9.59 Å². The molecule has 2 fully saturated rings. The Labute approximate surface area is 131 Å². The fraction of sp³-hybridized carbons (Fsp3) is 0.556. The number of nitrogens with zero attached hydrogens (tertiary/aromatic N) is 2. The van der Waals surface area contributed by atoms with Crippen LogP contribution >= 0.6 is 0 Å². The van der Waals surface area contributed by atoms with Crippen LogP contribution in [0.5, 0.6) is 0 Å². The van der Waals surface area contributed by atoms with Crippen LogP contribution in [0.25, 0.3) is 0 Å². The highest BCUT2D eigenvalue weighted by molar-refractivity contribution is 6.00. The second-order valence-electron chi connectivity index (χ2n) is 6.92. The van der Waals surface area contributed by atoms with E-state index in [1.807, 2.05) is 29.2 Å². The van der Waals surface area contributed by atoms with Gasteiger partial charge in [-0.2, -0.15) is 0 Å². The van der Waals surface area contributed by atoms with E-state index in [1.165, 1.54) is 25.7 Å². The quantitative estimate of drug-likeness (QED) is 0.840. The lowest BCUT2D eigenvalue weighted by atomic mass is 9.82. The number of likely N-dealkylation sites (tertiary alicyclic amines) is 1. The zero-order valence-corrected chi connectivity index (χ0v) is 12.8. The molecule has 1 saturated carbocycles. The highest BCUT2D eigenvalue weighted by atomic mass is 16.2. The van der Waals surface area contributed by atoms with Crippen molar-refractivity contribution in [2.75, 3.05) is 19.6 Å². The van der Waals surface area contributed by atoms with Crippen molar-refractivity contribution in [1.29, 1.82) is 0 Å². The number of benzene rings is 1. The molecule has 0 aromatic heterocycles. The normalized spacial score (nSPS) is 27.0. The smallest absolute Gasteiger partial charge is 0.254 e. The maximum absolute atomic E-state index is 12.6. The highest BCUT2D eigenvalue weighted by Gasteiger charge is 2.37. The molecule has 2 amide bonds. The first kappa shape index (κ1) is 13.8. The van der Waals surface area contributed by atoms with E-state index in [0.717, 1.165) is 24.2 Å². The summed E-state index contributed by atoms with van der Waals surface area (Å²) in [6, 6.07) is 7.66. The van der Waals surface area contributed by atoms with E-state index in [2.05, 4.69) is 0 Å². The predicted octanol–water partition coefficient (Wildman–Crippen LogP) is 2.29. The minimum absolute atomic E-state index is 0.000522. The Balaban J connectivity index is 1.40. The third kappa shape index (κ3) is 2.31. The molecule has 1 saturated heterocycles. The summed E-state index contributed by atoms with van der Waals surface area (Å²) in [5, 5.41) is 0. The predicted molar refractivity (Wildman–Crippen MR) is 83.2 cm³/mol. The van der Waals surface area contributed by atoms with Crippen molar-refractivity contribution in [2.45, 2.75) is 32.2 Å². The number of fused-ring (bicyclic) bond motifs is 2. The molecule has 3 aliphatic rings. The molecule has 2 aliphatic heterocycles. The van der Waals surface area contributed by atoms with Crippen molar-refractivity contribution in [2.24, 2.45) is 11.8 Å². The highest BCUT2D eigenvalue weighted by Crippen LogP contribution is 2.36. The molecular weight excluding hydrogens is 276 g/mol. The van der Waals surface area contributed by atoms with Crippen LogP contribution in [0, 0.1) is 11.8 Å². The van der Waals surface area contributed by atoms with Gasteiger partial charge in [-0.1, -0.05) is 31.0 Å². The van der Waals surface area contributed by atoms with Gasteiger partial charge < -0.3 is 9.80 Å². The molecular formula is C18H22N2O2. The van der Waals surface area contributed by atoms with Crippen LogP contribution in [0.15, 0.2) is 24.3 Å². The molecule has 0 spiro atoms. The molecule has 4 rings (SSSR count). The summed E-state index contributed by atoms with van der Waals surface area (Å²) in [6.45, 7) is 2.60. The van der Waals surface area contributed by atoms with Gasteiger partial charge in [-0.3, -0.25) is 9.59 Å². The van der Waals surface area contributed by atoms with Crippen molar-refractivity contribution in [1.82, 2.24) is 9.80 Å². The first-order valence-electron chi connectivity index (χ1n) is 8.37. The summed E-state index contributed by atoms with van der Waals surface area (Å²) in [7, 11) is 0. The largest absolute Gasteiger partial charge is 0.341 e. The molecule has 4 heteroatoms. The van der Waals surface area contributed by atoms with Gasteiger partial charge in [-0.05, 0) is 36.3 Å². The Kier molecular flexibility index (Phi) is 3.40. The van der Waals surface area contributed by atoms with Crippen molar-refractivity contribution in [3.8, 4) is 0 Å². The van der Waals surface area contributed by atoms with Crippen LogP contribution in [0.4, 0.5) is 0 Å². The van der Waals surface area contributed by atoms with Crippen molar-refractivity contribution >= 4 is 11.8 Å². The molecule has 2 atom stereocenters. The maximum atomic E-state index is 12.6. The Bertz CT molecular complexity index is 599. The second kappa shape index (κ2) is 5.41. The minimum Gasteiger partial charge on any atom is -0.341 e. The molecule has 4 nitrogen and oxygen atoms in total. The van der Waals surface area contributed by atoms with Crippen LogP contribution in [0.3, 0.4) is 0 Å². The van der Waals surface area contributed by atoms with Gasteiger partial charge in [0.1, 0.15) is 6.54 Å². The molecule has 1 aliphatic carbocycles. The number of carbonyl (C=O) groups is 2. The minimum atomic E-state index is 0.000522. The van der Waals surface area contributed by atoms with Gasteiger partial charge in [0.15, 0.2) is 0 Å². The van der Waals surface area contributed by atoms with Crippen LogP contribution in [-0.2, 0) is 11.3 Å². The molecule has 0 radical (unpaired) electrons. The standard InChI is InChI=1S/C18H22N2O2/c21-17(19-9-13-5-1-2-6-14(13)10-19)12-20-11-15-7-3-4-8-16(15)18(20)22/h3-4,7-8,13-14H,1-2,5-6,9-12H2. The van der Waals surface area contributed by atoms with E-state index in [1.54, 1.807) is 4.90 Å². The van der Waals surface area contributed by atoms with Crippen molar-refractivity contribution in [3.05, 3.63) is 35.4 Å². The zero-order chi connectivity index (χ0) is 15.1. The average molecular weight is 298 g/mol. The van der Waals surface area contributed by atoms with Crippen LogP contribution in [0.2, 0.25) is 0 Å². The van der Waals surface area contributed by atoms with Crippen LogP contribution < -0.4 is 0 Å². The van der Waals surface area contributed by atoms with Gasteiger partial charge in [0.05, 0.1) is 0 Å². The summed E-state index contributed by atoms with van der Waals surface area (Å²) in [5.41, 5.74) is 1.79. The SMILES string of the molecule is O=C(CN1Cc2ccccc2C1=O)N1CC2CCCCC2C1. The van der Waals surface area contributed by atoms with E-state index < -0.39 is 0 Å². The molecule has 2 unspecified atom stereocenters. The van der Waals surface area contributed by atoms with Gasteiger partial charge in [-0.15, -0.1) is 0 Å². The van der Waals surface area contributed by atoms with Crippen molar-refractivity contribution in [3.63, 3.8) is 0 Å². The first-order valence-corrected chi connectivity index (χ1v) is 8.37. The lowest BCUT2D eigenvalue weighted by Crippen LogP contribution is -2.39. The van der Waals surface area contributed by atoms with Gasteiger partial charge in [0.2, 0.25) is 5.91 Å². The van der Waals surface area contributed by atoms with Crippen LogP contribution in [-0.4, -0.2) is 41.2 Å². The van der Waals surface area contributed by atoms with E-state index in [0.29, 0.717) is 18.4 Å². The Morgan fingerprint density at radius 3 is 2.45 bits per heavy atom. The third-order valence-corrected chi connectivity index (χ3v) is 5.55. The number of hydrogen-bond acceptors (Lipinski definition) is 2. The fourth-order valence-electron chi connectivity index (χ4n) is 4.32. The lowest BCUT2D eigenvalue weighted by molar-refractivity contribution is -0.131. The summed E-state index contributed by atoms with van der Waals surface area (Å²) >= 11 is 0. The Morgan fingerprint density at radius 2 is 1.77 bits per heavy atom. The number of carbonyl (C=O) groups excluding carboxylic acids is 2. The Hall–Kier alpha value is -1.84. The average Bonchev–Trinajstić information content (AvgIpc) is 3.10. The lowest BCUT2D eigenvalue weighted by Gasteiger charge is -2.22. The molecule has 22 heavy (non-hydrogen) atoms. The second-order valence-corrected chi connectivity index (χ2v) is 6.92.